The SMILES string of the molecule is Cc1nc2ncnn2c(C2CC2)c1C. The number of nitrogens with zero attached hydrogens (tertiary/aromatic N) is 4. The first kappa shape index (κ1) is 7.91. The summed E-state index contributed by atoms with van der Waals surface area (Å²) < 4.78 is 1.89. The summed E-state index contributed by atoms with van der Waals surface area (Å²) in [5.74, 6) is 1.41. The summed E-state index contributed by atoms with van der Waals surface area (Å²) in [5.41, 5.74) is 3.66. The largest absolute Gasteiger partial charge is 0.252 e. The van der Waals surface area contributed by atoms with Crippen molar-refractivity contribution in [1.29, 1.82) is 0 Å². The number of hydrogen-bond donors (Lipinski definition) is 0. The van der Waals surface area contributed by atoms with Crippen LogP contribution in [-0.2, 0) is 0 Å². The summed E-state index contributed by atoms with van der Waals surface area (Å²) >= 11 is 0. The maximum atomic E-state index is 4.40. The average molecular weight is 188 g/mol. The van der Waals surface area contributed by atoms with E-state index in [0.29, 0.717) is 5.92 Å². The zero-order chi connectivity index (χ0) is 9.71. The van der Waals surface area contributed by atoms with Gasteiger partial charge in [-0.1, -0.05) is 0 Å². The van der Waals surface area contributed by atoms with Crippen LogP contribution < -0.4 is 0 Å². The van der Waals surface area contributed by atoms with Crippen molar-refractivity contribution in [3.8, 4) is 0 Å². The average Bonchev–Trinajstić information content (AvgIpc) is 2.88. The Labute approximate surface area is 82.0 Å². The van der Waals surface area contributed by atoms with Crippen LogP contribution in [0.15, 0.2) is 6.33 Å². The van der Waals surface area contributed by atoms with E-state index in [2.05, 4.69) is 22.0 Å². The fraction of sp³-hybridized carbons (Fsp3) is 0.500. The van der Waals surface area contributed by atoms with Gasteiger partial charge >= 0.3 is 0 Å². The highest BCUT2D eigenvalue weighted by Gasteiger charge is 2.29. The van der Waals surface area contributed by atoms with E-state index in [-0.39, 0.29) is 0 Å². The maximum Gasteiger partial charge on any atom is 0.252 e. The number of hydrogen-bond acceptors (Lipinski definition) is 3. The van der Waals surface area contributed by atoms with Crippen LogP contribution in [0.2, 0.25) is 0 Å². The molecular weight excluding hydrogens is 176 g/mol. The van der Waals surface area contributed by atoms with Gasteiger partial charge in [0.1, 0.15) is 6.33 Å². The first-order chi connectivity index (χ1) is 6.77. The second-order valence-corrected chi connectivity index (χ2v) is 3.95. The summed E-state index contributed by atoms with van der Waals surface area (Å²) in [4.78, 5) is 8.53. The Hall–Kier alpha value is -1.45. The molecule has 1 saturated carbocycles. The molecule has 2 aromatic rings. The molecule has 1 aliphatic carbocycles. The highest BCUT2D eigenvalue weighted by molar-refractivity contribution is 5.38. The normalized spacial score (nSPS) is 16.4. The molecule has 2 heterocycles. The molecule has 0 atom stereocenters. The van der Waals surface area contributed by atoms with Crippen molar-refractivity contribution >= 4 is 5.78 Å². The second kappa shape index (κ2) is 2.53. The standard InChI is InChI=1S/C10H12N4/c1-6-7(2)13-10-11-5-12-14(10)9(6)8-3-4-8/h5,8H,3-4H2,1-2H3. The molecule has 1 fully saturated rings. The quantitative estimate of drug-likeness (QED) is 0.683. The van der Waals surface area contributed by atoms with Crippen LogP contribution >= 0.6 is 0 Å². The van der Waals surface area contributed by atoms with Crippen molar-refractivity contribution < 1.29 is 0 Å². The summed E-state index contributed by atoms with van der Waals surface area (Å²) in [5, 5.41) is 4.22. The molecule has 72 valence electrons. The van der Waals surface area contributed by atoms with Crippen LogP contribution in [0, 0.1) is 13.8 Å². The third-order valence-electron chi connectivity index (χ3n) is 2.92. The van der Waals surface area contributed by atoms with Crippen LogP contribution in [0.5, 0.6) is 0 Å². The third-order valence-corrected chi connectivity index (χ3v) is 2.92. The van der Waals surface area contributed by atoms with E-state index in [9.17, 15) is 0 Å². The van der Waals surface area contributed by atoms with Crippen molar-refractivity contribution in [3.05, 3.63) is 23.3 Å². The molecule has 0 N–H and O–H groups in total. The monoisotopic (exact) mass is 188 g/mol. The fourth-order valence-corrected chi connectivity index (χ4v) is 1.90. The lowest BCUT2D eigenvalue weighted by Crippen LogP contribution is -2.05. The fourth-order valence-electron chi connectivity index (χ4n) is 1.90. The molecule has 0 aliphatic heterocycles. The maximum absolute atomic E-state index is 4.40. The Balaban J connectivity index is 2.40. The van der Waals surface area contributed by atoms with E-state index in [1.165, 1.54) is 24.1 Å². The first-order valence-corrected chi connectivity index (χ1v) is 4.94. The summed E-state index contributed by atoms with van der Waals surface area (Å²) in [6, 6.07) is 0. The van der Waals surface area contributed by atoms with Gasteiger partial charge in [0.2, 0.25) is 0 Å². The Bertz CT molecular complexity index is 496. The number of aromatic nitrogens is 4. The van der Waals surface area contributed by atoms with Crippen molar-refractivity contribution in [3.63, 3.8) is 0 Å². The van der Waals surface area contributed by atoms with E-state index in [0.717, 1.165) is 11.5 Å². The van der Waals surface area contributed by atoms with Gasteiger partial charge in [0.15, 0.2) is 0 Å². The molecule has 0 spiro atoms. The van der Waals surface area contributed by atoms with Gasteiger partial charge in [0.25, 0.3) is 5.78 Å². The smallest absolute Gasteiger partial charge is 0.216 e. The third kappa shape index (κ3) is 0.967. The lowest BCUT2D eigenvalue weighted by Gasteiger charge is -2.08. The summed E-state index contributed by atoms with van der Waals surface area (Å²) in [6.07, 6.45) is 4.13. The minimum atomic E-state index is 0.681. The van der Waals surface area contributed by atoms with Gasteiger partial charge in [-0.25, -0.2) is 9.50 Å². The van der Waals surface area contributed by atoms with Gasteiger partial charge in [0, 0.05) is 11.6 Å². The molecule has 3 rings (SSSR count). The molecule has 0 bridgehead atoms. The molecule has 0 unspecified atom stereocenters. The van der Waals surface area contributed by atoms with Crippen LogP contribution in [0.1, 0.15) is 35.7 Å². The van der Waals surface area contributed by atoms with E-state index in [4.69, 9.17) is 0 Å². The molecule has 0 radical (unpaired) electrons. The minimum absolute atomic E-state index is 0.681. The first-order valence-electron chi connectivity index (χ1n) is 4.94. The van der Waals surface area contributed by atoms with Gasteiger partial charge in [0.05, 0.1) is 5.69 Å². The van der Waals surface area contributed by atoms with Crippen molar-refractivity contribution in [2.24, 2.45) is 0 Å². The highest BCUT2D eigenvalue weighted by atomic mass is 15.3. The van der Waals surface area contributed by atoms with E-state index in [1.54, 1.807) is 6.33 Å². The van der Waals surface area contributed by atoms with Gasteiger partial charge in [-0.2, -0.15) is 10.1 Å². The zero-order valence-corrected chi connectivity index (χ0v) is 8.36. The van der Waals surface area contributed by atoms with Crippen LogP contribution in [-0.4, -0.2) is 19.6 Å². The van der Waals surface area contributed by atoms with Crippen LogP contribution in [0.3, 0.4) is 0 Å². The Morgan fingerprint density at radius 1 is 1.36 bits per heavy atom. The highest BCUT2D eigenvalue weighted by Crippen LogP contribution is 2.41. The van der Waals surface area contributed by atoms with Crippen molar-refractivity contribution in [2.45, 2.75) is 32.6 Å². The van der Waals surface area contributed by atoms with Crippen LogP contribution in [0.4, 0.5) is 0 Å². The predicted octanol–water partition coefficient (Wildman–Crippen LogP) is 1.62. The lowest BCUT2D eigenvalue weighted by molar-refractivity contribution is 0.818. The molecule has 4 heteroatoms. The van der Waals surface area contributed by atoms with Gasteiger partial charge in [-0.05, 0) is 32.3 Å². The molecule has 0 aromatic carbocycles. The molecule has 4 nitrogen and oxygen atoms in total. The summed E-state index contributed by atoms with van der Waals surface area (Å²) in [6.45, 7) is 4.16. The molecule has 1 aliphatic rings. The molecule has 14 heavy (non-hydrogen) atoms. The topological polar surface area (TPSA) is 43.1 Å². The number of aryl methyl sites for hydroxylation is 1. The van der Waals surface area contributed by atoms with Gasteiger partial charge in [-0.3, -0.25) is 0 Å². The number of fused-ring (bicyclic) bond motifs is 1. The lowest BCUT2D eigenvalue weighted by atomic mass is 10.1. The zero-order valence-electron chi connectivity index (χ0n) is 8.36. The van der Waals surface area contributed by atoms with E-state index >= 15 is 0 Å². The summed E-state index contributed by atoms with van der Waals surface area (Å²) in [7, 11) is 0. The number of rotatable bonds is 1. The van der Waals surface area contributed by atoms with Crippen LogP contribution in [0.25, 0.3) is 5.78 Å². The predicted molar refractivity (Wildman–Crippen MR) is 52.2 cm³/mol. The van der Waals surface area contributed by atoms with Crippen molar-refractivity contribution in [1.82, 2.24) is 19.6 Å². The molecule has 0 amide bonds. The van der Waals surface area contributed by atoms with E-state index in [1.807, 2.05) is 11.4 Å². The molecule has 2 aromatic heterocycles. The second-order valence-electron chi connectivity index (χ2n) is 3.95. The van der Waals surface area contributed by atoms with E-state index < -0.39 is 0 Å². The molecule has 0 saturated heterocycles. The molecular formula is C10H12N4. The van der Waals surface area contributed by atoms with Crippen molar-refractivity contribution in [2.75, 3.05) is 0 Å². The Morgan fingerprint density at radius 2 is 2.14 bits per heavy atom. The minimum Gasteiger partial charge on any atom is -0.216 e. The van der Waals surface area contributed by atoms with Gasteiger partial charge in [-0.15, -0.1) is 0 Å². The Morgan fingerprint density at radius 3 is 2.86 bits per heavy atom. The Kier molecular flexibility index (Phi) is 1.43. The van der Waals surface area contributed by atoms with Gasteiger partial charge < -0.3 is 0 Å².